The van der Waals surface area contributed by atoms with Crippen molar-refractivity contribution in [3.8, 4) is 0 Å². The standard InChI is InChI=1S/C13H8F2N2O2/c14-7-1-3-9-10(5-7)17-12(18)13(9,19)11-4-2-8(15)6-16-11/h1-6,19H,(H,17,18). The van der Waals surface area contributed by atoms with Crippen LogP contribution in [0, 0.1) is 11.6 Å². The van der Waals surface area contributed by atoms with E-state index in [4.69, 9.17) is 0 Å². The zero-order chi connectivity index (χ0) is 13.6. The maximum atomic E-state index is 13.1. The molecule has 0 fully saturated rings. The molecule has 0 saturated carbocycles. The highest BCUT2D eigenvalue weighted by atomic mass is 19.1. The Balaban J connectivity index is 2.19. The number of hydrogen-bond acceptors (Lipinski definition) is 3. The number of halogens is 2. The van der Waals surface area contributed by atoms with Crippen LogP contribution in [0.4, 0.5) is 14.5 Å². The third kappa shape index (κ3) is 1.61. The molecule has 2 aromatic rings. The first-order chi connectivity index (χ1) is 9.01. The SMILES string of the molecule is O=C1Nc2cc(F)ccc2C1(O)c1ccc(F)cn1. The van der Waals surface area contributed by atoms with Crippen LogP contribution in [0.15, 0.2) is 36.5 Å². The van der Waals surface area contributed by atoms with Crippen LogP contribution in [0.1, 0.15) is 11.3 Å². The van der Waals surface area contributed by atoms with Gasteiger partial charge in [-0.05, 0) is 24.3 Å². The number of amides is 1. The predicted octanol–water partition coefficient (Wildman–Crippen LogP) is 1.55. The lowest BCUT2D eigenvalue weighted by atomic mass is 9.91. The minimum Gasteiger partial charge on any atom is -0.370 e. The van der Waals surface area contributed by atoms with Gasteiger partial charge in [0.2, 0.25) is 5.60 Å². The van der Waals surface area contributed by atoms with Crippen molar-refractivity contribution in [1.29, 1.82) is 0 Å². The van der Waals surface area contributed by atoms with Gasteiger partial charge in [0.1, 0.15) is 11.6 Å². The number of hydrogen-bond donors (Lipinski definition) is 2. The zero-order valence-electron chi connectivity index (χ0n) is 9.52. The van der Waals surface area contributed by atoms with E-state index in [1.54, 1.807) is 0 Å². The summed E-state index contributed by atoms with van der Waals surface area (Å²) in [5, 5.41) is 12.9. The lowest BCUT2D eigenvalue weighted by Gasteiger charge is -2.19. The van der Waals surface area contributed by atoms with Crippen molar-refractivity contribution in [2.75, 3.05) is 5.32 Å². The topological polar surface area (TPSA) is 62.2 Å². The van der Waals surface area contributed by atoms with Crippen molar-refractivity contribution in [2.45, 2.75) is 5.60 Å². The average Bonchev–Trinajstić information content (AvgIpc) is 2.62. The minimum atomic E-state index is -2.03. The number of pyridine rings is 1. The van der Waals surface area contributed by atoms with E-state index < -0.39 is 23.1 Å². The molecule has 1 aromatic heterocycles. The van der Waals surface area contributed by atoms with Gasteiger partial charge in [-0.1, -0.05) is 6.07 Å². The Morgan fingerprint density at radius 1 is 1.16 bits per heavy atom. The molecule has 0 radical (unpaired) electrons. The molecule has 2 heterocycles. The van der Waals surface area contributed by atoms with Crippen molar-refractivity contribution < 1.29 is 18.7 Å². The van der Waals surface area contributed by atoms with E-state index in [2.05, 4.69) is 10.3 Å². The molecule has 3 rings (SSSR count). The fourth-order valence-electron chi connectivity index (χ4n) is 2.11. The molecule has 0 bridgehead atoms. The van der Waals surface area contributed by atoms with Crippen molar-refractivity contribution in [3.05, 3.63) is 59.4 Å². The Bertz CT molecular complexity index is 673. The number of aliphatic hydroxyl groups is 1. The Morgan fingerprint density at radius 3 is 2.58 bits per heavy atom. The molecule has 4 nitrogen and oxygen atoms in total. The maximum Gasteiger partial charge on any atom is 0.267 e. The number of benzene rings is 1. The molecule has 1 atom stereocenters. The van der Waals surface area contributed by atoms with Gasteiger partial charge in [0.15, 0.2) is 0 Å². The molecule has 1 amide bonds. The molecule has 0 saturated heterocycles. The van der Waals surface area contributed by atoms with E-state index in [0.29, 0.717) is 0 Å². The van der Waals surface area contributed by atoms with Gasteiger partial charge in [0.25, 0.3) is 5.91 Å². The van der Waals surface area contributed by atoms with Gasteiger partial charge >= 0.3 is 0 Å². The lowest BCUT2D eigenvalue weighted by Crippen LogP contribution is -2.36. The fourth-order valence-corrected chi connectivity index (χ4v) is 2.11. The highest BCUT2D eigenvalue weighted by molar-refractivity contribution is 6.06. The molecular formula is C13H8F2N2O2. The quantitative estimate of drug-likeness (QED) is 0.819. The summed E-state index contributed by atoms with van der Waals surface area (Å²) < 4.78 is 25.9. The highest BCUT2D eigenvalue weighted by Gasteiger charge is 2.48. The minimum absolute atomic E-state index is 0.0169. The number of carbonyl (C=O) groups is 1. The molecule has 1 aliphatic heterocycles. The summed E-state index contributed by atoms with van der Waals surface area (Å²) >= 11 is 0. The normalized spacial score (nSPS) is 21.1. The molecule has 96 valence electrons. The summed E-state index contributed by atoms with van der Waals surface area (Å²) in [7, 11) is 0. The molecule has 1 unspecified atom stereocenters. The van der Waals surface area contributed by atoms with Gasteiger partial charge in [0.05, 0.1) is 17.6 Å². The molecule has 1 aliphatic rings. The van der Waals surface area contributed by atoms with Gasteiger partial charge in [0, 0.05) is 5.56 Å². The highest BCUT2D eigenvalue weighted by Crippen LogP contribution is 2.40. The van der Waals surface area contributed by atoms with Crippen LogP contribution in [0.2, 0.25) is 0 Å². The van der Waals surface area contributed by atoms with Gasteiger partial charge in [-0.15, -0.1) is 0 Å². The van der Waals surface area contributed by atoms with E-state index in [0.717, 1.165) is 24.4 Å². The Morgan fingerprint density at radius 2 is 1.89 bits per heavy atom. The second kappa shape index (κ2) is 3.83. The van der Waals surface area contributed by atoms with E-state index >= 15 is 0 Å². The summed E-state index contributed by atoms with van der Waals surface area (Å²) in [6.45, 7) is 0. The van der Waals surface area contributed by atoms with Crippen molar-refractivity contribution in [1.82, 2.24) is 4.98 Å². The van der Waals surface area contributed by atoms with Gasteiger partial charge < -0.3 is 10.4 Å². The molecule has 19 heavy (non-hydrogen) atoms. The largest absolute Gasteiger partial charge is 0.370 e. The van der Waals surface area contributed by atoms with Crippen molar-refractivity contribution >= 4 is 11.6 Å². The van der Waals surface area contributed by atoms with E-state index in [1.807, 2.05) is 0 Å². The summed E-state index contributed by atoms with van der Waals surface area (Å²) in [6, 6.07) is 5.85. The second-order valence-electron chi connectivity index (χ2n) is 4.22. The first kappa shape index (κ1) is 11.7. The van der Waals surface area contributed by atoms with Crippen molar-refractivity contribution in [2.24, 2.45) is 0 Å². The average molecular weight is 262 g/mol. The Labute approximate surface area is 106 Å². The van der Waals surface area contributed by atoms with Crippen molar-refractivity contribution in [3.63, 3.8) is 0 Å². The van der Waals surface area contributed by atoms with Gasteiger partial charge in [-0.3, -0.25) is 9.78 Å². The first-order valence-electron chi connectivity index (χ1n) is 5.47. The summed E-state index contributed by atoms with van der Waals surface area (Å²) in [6.07, 6.45) is 0.905. The summed E-state index contributed by atoms with van der Waals surface area (Å²) in [4.78, 5) is 15.7. The summed E-state index contributed by atoms with van der Waals surface area (Å²) in [5.41, 5.74) is -1.68. The molecule has 0 spiro atoms. The fraction of sp³-hybridized carbons (Fsp3) is 0.0769. The Kier molecular flexibility index (Phi) is 2.36. The number of anilines is 1. The molecule has 6 heteroatoms. The smallest absolute Gasteiger partial charge is 0.267 e. The Hall–Kier alpha value is -2.34. The third-order valence-corrected chi connectivity index (χ3v) is 3.05. The van der Waals surface area contributed by atoms with E-state index in [-0.39, 0.29) is 16.9 Å². The van der Waals surface area contributed by atoms with Crippen LogP contribution in [-0.4, -0.2) is 16.0 Å². The van der Waals surface area contributed by atoms with Crippen LogP contribution in [0.25, 0.3) is 0 Å². The van der Waals surface area contributed by atoms with Crippen LogP contribution < -0.4 is 5.32 Å². The van der Waals surface area contributed by atoms with Crippen LogP contribution >= 0.6 is 0 Å². The molecular weight excluding hydrogens is 254 g/mol. The predicted molar refractivity (Wildman–Crippen MR) is 62.2 cm³/mol. The van der Waals surface area contributed by atoms with E-state index in [1.165, 1.54) is 12.1 Å². The molecule has 1 aromatic carbocycles. The van der Waals surface area contributed by atoms with Crippen LogP contribution in [-0.2, 0) is 10.4 Å². The number of nitrogens with one attached hydrogen (secondary N) is 1. The number of fused-ring (bicyclic) bond motifs is 1. The number of aromatic nitrogens is 1. The number of nitrogens with zero attached hydrogens (tertiary/aromatic N) is 1. The van der Waals surface area contributed by atoms with E-state index in [9.17, 15) is 18.7 Å². The first-order valence-corrected chi connectivity index (χ1v) is 5.47. The second-order valence-corrected chi connectivity index (χ2v) is 4.22. The third-order valence-electron chi connectivity index (χ3n) is 3.05. The zero-order valence-corrected chi connectivity index (χ0v) is 9.52. The summed E-state index contributed by atoms with van der Waals surface area (Å²) in [5.74, 6) is -1.85. The number of carbonyl (C=O) groups excluding carboxylic acids is 1. The monoisotopic (exact) mass is 262 g/mol. The van der Waals surface area contributed by atoms with Gasteiger partial charge in [-0.25, -0.2) is 8.78 Å². The van der Waals surface area contributed by atoms with Gasteiger partial charge in [-0.2, -0.15) is 0 Å². The maximum absolute atomic E-state index is 13.1. The lowest BCUT2D eigenvalue weighted by molar-refractivity contribution is -0.130. The number of rotatable bonds is 1. The molecule has 2 N–H and O–H groups in total. The van der Waals surface area contributed by atoms with Crippen LogP contribution in [0.3, 0.4) is 0 Å². The van der Waals surface area contributed by atoms with Crippen LogP contribution in [0.5, 0.6) is 0 Å². The molecule has 0 aliphatic carbocycles.